The van der Waals surface area contributed by atoms with E-state index in [0.29, 0.717) is 53.1 Å². The Hall–Kier alpha value is -7.64. The summed E-state index contributed by atoms with van der Waals surface area (Å²) in [5, 5.41) is 23.7. The van der Waals surface area contributed by atoms with Crippen LogP contribution in [0, 0.1) is 37.2 Å². The monoisotopic (exact) mass is 1410 g/mol. The Morgan fingerprint density at radius 3 is 1.61 bits per heavy atom. The van der Waals surface area contributed by atoms with E-state index < -0.39 is 66.2 Å². The van der Waals surface area contributed by atoms with E-state index in [0.717, 1.165) is 82.7 Å². The first kappa shape index (κ1) is 68.3. The number of benzene rings is 1. The molecule has 5 unspecified atom stereocenters. The zero-order valence-corrected chi connectivity index (χ0v) is 52.2. The SMILES string of the molecule is Cc1cc(CNC(=O)c2cc(C(=O)NC3CCc4sc(C#N)cc43)ncn2)ccc1F.O=C(NC1CCc2sc(Br)cc21)C(F)(F)F.O=C(NC1CCc2sccc21)C(F)(F)F.[C-]#[N+]c1cc2c(s1)CCC2N.[C-]#[N+]c1cc2c(s1)CCC2NC(=O)C(F)(F)F. The molecule has 6 aromatic heterocycles. The maximum absolute atomic E-state index is 13.4. The van der Waals surface area contributed by atoms with Crippen molar-refractivity contribution in [3.63, 3.8) is 0 Å². The average Bonchev–Trinajstić information content (AvgIpc) is 2.43. The van der Waals surface area contributed by atoms with Crippen LogP contribution in [0.5, 0.6) is 0 Å². The Kier molecular flexibility index (Phi) is 22.1. The highest BCUT2D eigenvalue weighted by molar-refractivity contribution is 9.11. The molecule has 7 aromatic rings. The summed E-state index contributed by atoms with van der Waals surface area (Å²) in [5.74, 6) is -6.82. The van der Waals surface area contributed by atoms with Gasteiger partial charge >= 0.3 is 36.3 Å². The maximum Gasteiger partial charge on any atom is 0.471 e. The molecule has 1 aromatic carbocycles. The van der Waals surface area contributed by atoms with Gasteiger partial charge in [-0.25, -0.2) is 24.0 Å². The fraction of sp³-hybridized carbons (Fsp3) is 0.345. The van der Waals surface area contributed by atoms with Gasteiger partial charge in [0.05, 0.1) is 41.1 Å². The van der Waals surface area contributed by atoms with Crippen LogP contribution in [0.25, 0.3) is 9.69 Å². The average molecular weight is 1410 g/mol. The minimum Gasteiger partial charge on any atom is -0.347 e. The number of hydrogen-bond donors (Lipinski definition) is 6. The van der Waals surface area contributed by atoms with E-state index >= 15 is 0 Å². The molecule has 0 saturated carbocycles. The van der Waals surface area contributed by atoms with Crippen LogP contribution in [0.3, 0.4) is 0 Å². The molecule has 5 amide bonds. The first-order valence-corrected chi connectivity index (χ1v) is 31.9. The van der Waals surface area contributed by atoms with Gasteiger partial charge in [-0.1, -0.05) is 12.1 Å². The Bertz CT molecular complexity index is 3970. The summed E-state index contributed by atoms with van der Waals surface area (Å²) in [4.78, 5) is 78.1. The molecule has 90 heavy (non-hydrogen) atoms. The number of nitriles is 1. The minimum absolute atomic E-state index is 0.0633. The number of rotatable bonds is 8. The van der Waals surface area contributed by atoms with Gasteiger partial charge in [0.15, 0.2) is 0 Å². The number of aromatic nitrogens is 2. The highest BCUT2D eigenvalue weighted by atomic mass is 79.9. The summed E-state index contributed by atoms with van der Waals surface area (Å²) in [6.45, 7) is 15.5. The Labute approximate surface area is 535 Å². The molecule has 5 aliphatic carbocycles. The fourth-order valence-electron chi connectivity index (χ4n) is 10.1. The van der Waals surface area contributed by atoms with Crippen LogP contribution in [0.4, 0.5) is 53.9 Å². The van der Waals surface area contributed by atoms with Crippen LogP contribution < -0.4 is 32.3 Å². The number of nitrogens with one attached hydrogen (secondary N) is 5. The largest absolute Gasteiger partial charge is 0.471 e. The van der Waals surface area contributed by atoms with Crippen molar-refractivity contribution < 1.29 is 67.9 Å². The lowest BCUT2D eigenvalue weighted by atomic mass is 10.1. The van der Waals surface area contributed by atoms with Crippen molar-refractivity contribution in [2.75, 3.05) is 0 Å². The van der Waals surface area contributed by atoms with Crippen LogP contribution in [0.2, 0.25) is 0 Å². The molecule has 0 saturated heterocycles. The molecular weight excluding hydrogens is 1360 g/mol. The highest BCUT2D eigenvalue weighted by Crippen LogP contribution is 2.44. The summed E-state index contributed by atoms with van der Waals surface area (Å²) >= 11 is 10.6. The van der Waals surface area contributed by atoms with Crippen molar-refractivity contribution in [1.29, 1.82) is 5.26 Å². The zero-order valence-electron chi connectivity index (χ0n) is 46.6. The molecule has 472 valence electrons. The smallest absolute Gasteiger partial charge is 0.347 e. The fourth-order valence-corrected chi connectivity index (χ4v) is 16.0. The van der Waals surface area contributed by atoms with Crippen molar-refractivity contribution >= 4 is 112 Å². The van der Waals surface area contributed by atoms with E-state index in [1.54, 1.807) is 48.6 Å². The Morgan fingerprint density at radius 1 is 0.611 bits per heavy atom. The second-order valence-corrected chi connectivity index (χ2v) is 27.3. The van der Waals surface area contributed by atoms with E-state index in [1.165, 1.54) is 74.2 Å². The molecule has 5 atom stereocenters. The van der Waals surface area contributed by atoms with Gasteiger partial charge in [0, 0.05) is 33.3 Å². The second-order valence-electron chi connectivity index (χ2n) is 20.4. The van der Waals surface area contributed by atoms with Gasteiger partial charge in [0.25, 0.3) is 11.8 Å². The number of fused-ring (bicyclic) bond motifs is 5. The molecule has 7 N–H and O–H groups in total. The molecule has 0 aliphatic heterocycles. The molecule has 12 rings (SSSR count). The lowest BCUT2D eigenvalue weighted by Crippen LogP contribution is -2.38. The standard InChI is InChI=1S/C22H18FN5O2S.C10H7F3N2OS.C9H7BrF3NOS.C9H8F3NOS.C8H8N2S/c1-12-6-13(2-3-16(12)23)10-25-21(29)18-8-19(27-11-26-18)22(30)28-17-4-5-20-15(17)7-14(9-24)31-20;1-14-8-4-5-6(2-3-7(5)17-8)15-9(16)10(11,12)13;10-7-3-4-5(1-2-6(4)16-7)14-8(15)9(11,12)13;10-9(11,12)8(14)13-6-1-2-7-5(6)3-4-15-7;1-10-8-4-5-6(9)2-3-7(5)11-8/h2-3,6-8,11,17H,4-5,10H2,1H3,(H,25,29)(H,28,30);4,6H,2-3H2,(H,15,16);3,5H,1-2H2,(H,14,15);3-4,6H,1-2H2,(H,13,14);4,6H,2-3,9H2. The number of aryl methyl sites for hydroxylation is 6. The number of halogens is 11. The van der Waals surface area contributed by atoms with Gasteiger partial charge in [-0.3, -0.25) is 24.0 Å². The third-order valence-corrected chi connectivity index (χ3v) is 20.5. The van der Waals surface area contributed by atoms with Gasteiger partial charge < -0.3 is 32.3 Å². The number of carbonyl (C=O) groups excluding carboxylic acids is 5. The van der Waals surface area contributed by atoms with Gasteiger partial charge in [0.2, 0.25) is 10.0 Å². The summed E-state index contributed by atoms with van der Waals surface area (Å²) in [6.07, 6.45) is -5.97. The van der Waals surface area contributed by atoms with E-state index in [9.17, 15) is 67.9 Å². The Morgan fingerprint density at radius 2 is 1.08 bits per heavy atom. The molecule has 6 heterocycles. The molecule has 0 spiro atoms. The summed E-state index contributed by atoms with van der Waals surface area (Å²) < 4.78 is 123. The molecule has 0 fully saturated rings. The molecule has 16 nitrogen and oxygen atoms in total. The molecule has 32 heteroatoms. The summed E-state index contributed by atoms with van der Waals surface area (Å²) in [6, 6.07) is 15.3. The van der Waals surface area contributed by atoms with Crippen molar-refractivity contribution in [1.82, 2.24) is 36.6 Å². The number of nitrogens with zero attached hydrogens (tertiary/aromatic N) is 5. The zero-order chi connectivity index (χ0) is 65.4. The predicted molar refractivity (Wildman–Crippen MR) is 320 cm³/mol. The van der Waals surface area contributed by atoms with Crippen molar-refractivity contribution in [3.05, 3.63) is 178 Å². The Balaban J connectivity index is 0.000000153. The topological polar surface area (TPSA) is 230 Å². The number of hydrogen-bond acceptors (Lipinski definition) is 14. The van der Waals surface area contributed by atoms with Gasteiger partial charge in [0.1, 0.15) is 34.5 Å². The quantitative estimate of drug-likeness (QED) is 0.0627. The molecule has 5 aliphatic rings. The van der Waals surface area contributed by atoms with Gasteiger partial charge in [-0.15, -0.1) is 34.0 Å². The molecule has 0 bridgehead atoms. The van der Waals surface area contributed by atoms with Crippen LogP contribution >= 0.6 is 72.6 Å². The van der Waals surface area contributed by atoms with E-state index in [1.807, 2.05) is 33.5 Å². The molecular formula is C58H48BrF10N11O5S5. The number of nitrogens with two attached hydrogens (primary N) is 1. The number of thiophene rings is 5. The number of amides is 5. The number of alkyl halides is 9. The van der Waals surface area contributed by atoms with Crippen molar-refractivity contribution in [2.45, 2.75) is 126 Å². The first-order valence-electron chi connectivity index (χ1n) is 26.9. The normalized spacial score (nSPS) is 18.0. The maximum atomic E-state index is 13.4. The van der Waals surface area contributed by atoms with E-state index in [4.69, 9.17) is 24.1 Å². The predicted octanol–water partition coefficient (Wildman–Crippen LogP) is 14.0. The minimum atomic E-state index is -4.86. The summed E-state index contributed by atoms with van der Waals surface area (Å²) in [7, 11) is 0. The van der Waals surface area contributed by atoms with Gasteiger partial charge in [-0.05, 0) is 178 Å². The van der Waals surface area contributed by atoms with E-state index in [2.05, 4.69) is 52.3 Å². The lowest BCUT2D eigenvalue weighted by Gasteiger charge is -2.14. The van der Waals surface area contributed by atoms with Crippen LogP contribution in [0.15, 0.2) is 70.1 Å². The van der Waals surface area contributed by atoms with E-state index in [-0.39, 0.29) is 35.8 Å². The third-order valence-electron chi connectivity index (χ3n) is 14.4. The van der Waals surface area contributed by atoms with Gasteiger partial charge in [-0.2, -0.15) is 67.4 Å². The first-order chi connectivity index (χ1) is 42.5. The highest BCUT2D eigenvalue weighted by Gasteiger charge is 2.43. The molecule has 0 radical (unpaired) electrons. The van der Waals surface area contributed by atoms with Crippen LogP contribution in [0.1, 0.15) is 151 Å². The van der Waals surface area contributed by atoms with Crippen molar-refractivity contribution in [3.8, 4) is 6.07 Å². The number of carbonyl (C=O) groups is 5. The second kappa shape index (κ2) is 29.1. The third kappa shape index (κ3) is 17.2. The van der Waals surface area contributed by atoms with Crippen molar-refractivity contribution in [2.24, 2.45) is 5.73 Å². The van der Waals surface area contributed by atoms with Crippen LogP contribution in [-0.4, -0.2) is 58.0 Å². The van der Waals surface area contributed by atoms with Crippen LogP contribution in [-0.2, 0) is 53.0 Å². The lowest BCUT2D eigenvalue weighted by molar-refractivity contribution is -0.174. The summed E-state index contributed by atoms with van der Waals surface area (Å²) in [5.41, 5.74) is 11.7.